The number of carbonyl (C=O) groups is 3. The first-order valence-corrected chi connectivity index (χ1v) is 14.6. The number of rotatable bonds is 8. The van der Waals surface area contributed by atoms with Gasteiger partial charge >= 0.3 is 4.87 Å². The number of methoxy groups -OCH3 is 2. The third kappa shape index (κ3) is 5.03. The highest BCUT2D eigenvalue weighted by Crippen LogP contribution is 2.53. The number of imide groups is 1. The highest BCUT2D eigenvalue weighted by molar-refractivity contribution is 8.00. The van der Waals surface area contributed by atoms with E-state index >= 15 is 0 Å². The number of H-pyrrole nitrogens is 1. The van der Waals surface area contributed by atoms with Crippen LogP contribution in [0.25, 0.3) is 0 Å². The largest absolute Gasteiger partial charge is 0.497 e. The molecule has 0 saturated carbocycles. The van der Waals surface area contributed by atoms with E-state index in [4.69, 9.17) is 14.2 Å². The van der Waals surface area contributed by atoms with Crippen LogP contribution in [0.3, 0.4) is 0 Å². The monoisotopic (exact) mass is 603 g/mol. The van der Waals surface area contributed by atoms with Crippen LogP contribution >= 0.6 is 23.1 Å². The number of para-hydroxylation sites is 1. The van der Waals surface area contributed by atoms with Crippen LogP contribution in [0.2, 0.25) is 0 Å². The lowest BCUT2D eigenvalue weighted by atomic mass is 9.83. The predicted octanol–water partition coefficient (Wildman–Crippen LogP) is 4.27. The fourth-order valence-electron chi connectivity index (χ4n) is 5.22. The SMILES string of the molecule is COc1ccc(N2C(=O)[C@H]3[C@H](c4ccc(OCC(=O)Nc5ccccc5)c(OC)c4)c4sc(=O)[nH]c4S[C@H]3C2=O)cc1. The molecular weight excluding hydrogens is 578 g/mol. The summed E-state index contributed by atoms with van der Waals surface area (Å²) in [4.78, 5) is 56.9. The summed E-state index contributed by atoms with van der Waals surface area (Å²) in [6.07, 6.45) is 0. The summed E-state index contributed by atoms with van der Waals surface area (Å²) < 4.78 is 16.6. The van der Waals surface area contributed by atoms with E-state index in [1.54, 1.807) is 61.7 Å². The van der Waals surface area contributed by atoms with Crippen LogP contribution in [0.5, 0.6) is 17.2 Å². The fraction of sp³-hybridized carbons (Fsp3) is 0.200. The number of aromatic nitrogens is 1. The number of benzene rings is 3. The molecule has 2 N–H and O–H groups in total. The zero-order valence-electron chi connectivity index (χ0n) is 22.5. The highest BCUT2D eigenvalue weighted by atomic mass is 32.2. The van der Waals surface area contributed by atoms with Crippen LogP contribution in [0.4, 0.5) is 11.4 Å². The number of aromatic amines is 1. The molecule has 42 heavy (non-hydrogen) atoms. The Bertz CT molecular complexity index is 1720. The smallest absolute Gasteiger partial charge is 0.305 e. The van der Waals surface area contributed by atoms with E-state index in [1.807, 2.05) is 18.2 Å². The van der Waals surface area contributed by atoms with Crippen molar-refractivity contribution in [1.82, 2.24) is 4.98 Å². The molecule has 10 nitrogen and oxygen atoms in total. The molecule has 2 aliphatic rings. The van der Waals surface area contributed by atoms with Crippen molar-refractivity contribution in [1.29, 1.82) is 0 Å². The maximum absolute atomic E-state index is 13.9. The molecule has 3 aromatic carbocycles. The normalized spacial score (nSPS) is 19.2. The van der Waals surface area contributed by atoms with Crippen molar-refractivity contribution >= 4 is 52.2 Å². The van der Waals surface area contributed by atoms with Gasteiger partial charge in [0.1, 0.15) is 11.0 Å². The number of hydrogen-bond acceptors (Lipinski definition) is 9. The molecule has 0 bridgehead atoms. The molecule has 2 aliphatic heterocycles. The average Bonchev–Trinajstić information content (AvgIpc) is 3.50. The molecular formula is C30H25N3O7S2. The molecule has 12 heteroatoms. The zero-order chi connectivity index (χ0) is 29.4. The third-order valence-corrected chi connectivity index (χ3v) is 9.52. The van der Waals surface area contributed by atoms with Gasteiger partial charge in [0.15, 0.2) is 18.1 Å². The summed E-state index contributed by atoms with van der Waals surface area (Å²) in [5, 5.41) is 2.61. The van der Waals surface area contributed by atoms with Crippen LogP contribution in [-0.4, -0.2) is 48.8 Å². The number of fused-ring (bicyclic) bond motifs is 2. The van der Waals surface area contributed by atoms with E-state index in [-0.39, 0.29) is 29.2 Å². The van der Waals surface area contributed by atoms with E-state index < -0.39 is 17.1 Å². The molecule has 0 spiro atoms. The van der Waals surface area contributed by atoms with Crippen LogP contribution < -0.4 is 29.3 Å². The summed E-state index contributed by atoms with van der Waals surface area (Å²) in [6.45, 7) is -0.247. The molecule has 1 fully saturated rings. The van der Waals surface area contributed by atoms with Gasteiger partial charge in [-0.25, -0.2) is 4.90 Å². The van der Waals surface area contributed by atoms with Crippen molar-refractivity contribution in [2.24, 2.45) is 5.92 Å². The predicted molar refractivity (Wildman–Crippen MR) is 159 cm³/mol. The van der Waals surface area contributed by atoms with Crippen molar-refractivity contribution in [2.45, 2.75) is 16.2 Å². The van der Waals surface area contributed by atoms with Crippen LogP contribution in [-0.2, 0) is 14.4 Å². The second-order valence-corrected chi connectivity index (χ2v) is 11.7. The molecule has 6 rings (SSSR count). The van der Waals surface area contributed by atoms with Crippen LogP contribution in [0.15, 0.2) is 82.6 Å². The Balaban J connectivity index is 1.30. The Hall–Kier alpha value is -4.55. The van der Waals surface area contributed by atoms with E-state index in [9.17, 15) is 19.2 Å². The summed E-state index contributed by atoms with van der Waals surface area (Å²) in [5.74, 6) is -1.08. The van der Waals surface area contributed by atoms with Gasteiger partial charge in [-0.3, -0.25) is 19.2 Å². The number of thioether (sulfide) groups is 1. The Labute approximate surface area is 248 Å². The van der Waals surface area contributed by atoms with E-state index in [1.165, 1.54) is 23.8 Å². The molecule has 0 radical (unpaired) electrons. The first-order valence-electron chi connectivity index (χ1n) is 12.9. The Morgan fingerprint density at radius 2 is 1.69 bits per heavy atom. The molecule has 3 atom stereocenters. The van der Waals surface area contributed by atoms with Crippen LogP contribution in [0.1, 0.15) is 16.4 Å². The first kappa shape index (κ1) is 27.6. The number of hydrogen-bond donors (Lipinski definition) is 2. The van der Waals surface area contributed by atoms with Crippen molar-refractivity contribution in [3.63, 3.8) is 0 Å². The minimum absolute atomic E-state index is 0.247. The first-order chi connectivity index (χ1) is 20.4. The Morgan fingerprint density at radius 1 is 0.929 bits per heavy atom. The number of ether oxygens (including phenoxy) is 3. The molecule has 0 aliphatic carbocycles. The summed E-state index contributed by atoms with van der Waals surface area (Å²) in [7, 11) is 3.02. The van der Waals surface area contributed by atoms with Gasteiger partial charge in [-0.1, -0.05) is 47.4 Å². The molecule has 1 aromatic heterocycles. The topological polar surface area (TPSA) is 127 Å². The van der Waals surface area contributed by atoms with E-state index in [0.29, 0.717) is 44.1 Å². The molecule has 3 amide bonds. The third-order valence-electron chi connectivity index (χ3n) is 7.12. The van der Waals surface area contributed by atoms with Crippen molar-refractivity contribution < 1.29 is 28.6 Å². The number of thiazole rings is 1. The van der Waals surface area contributed by atoms with Gasteiger partial charge in [0, 0.05) is 16.5 Å². The molecule has 3 heterocycles. The minimum Gasteiger partial charge on any atom is -0.497 e. The van der Waals surface area contributed by atoms with E-state index in [2.05, 4.69) is 10.3 Å². The highest BCUT2D eigenvalue weighted by Gasteiger charge is 2.56. The molecule has 214 valence electrons. The van der Waals surface area contributed by atoms with Gasteiger partial charge in [0.2, 0.25) is 11.8 Å². The maximum Gasteiger partial charge on any atom is 0.305 e. The Kier molecular flexibility index (Phi) is 7.48. The molecule has 4 aromatic rings. The van der Waals surface area contributed by atoms with Gasteiger partial charge in [0.25, 0.3) is 5.91 Å². The lowest BCUT2D eigenvalue weighted by Gasteiger charge is -2.30. The van der Waals surface area contributed by atoms with Gasteiger partial charge < -0.3 is 24.5 Å². The quantitative estimate of drug-likeness (QED) is 0.286. The second kappa shape index (κ2) is 11.4. The number of nitrogens with one attached hydrogen (secondary N) is 2. The van der Waals surface area contributed by atoms with Crippen molar-refractivity contribution in [3.05, 3.63) is 92.9 Å². The van der Waals surface area contributed by atoms with Gasteiger partial charge in [0.05, 0.1) is 30.9 Å². The maximum atomic E-state index is 13.9. The lowest BCUT2D eigenvalue weighted by Crippen LogP contribution is -2.32. The Morgan fingerprint density at radius 3 is 2.40 bits per heavy atom. The van der Waals surface area contributed by atoms with E-state index in [0.717, 1.165) is 11.3 Å². The molecule has 1 saturated heterocycles. The number of amides is 3. The summed E-state index contributed by atoms with van der Waals surface area (Å²) >= 11 is 2.23. The van der Waals surface area contributed by atoms with Gasteiger partial charge in [-0.05, 0) is 54.1 Å². The fourth-order valence-corrected chi connectivity index (χ4v) is 7.74. The summed E-state index contributed by atoms with van der Waals surface area (Å²) in [5.41, 5.74) is 1.78. The number of nitrogens with zero attached hydrogens (tertiary/aromatic N) is 1. The lowest BCUT2D eigenvalue weighted by molar-refractivity contribution is -0.122. The van der Waals surface area contributed by atoms with Gasteiger partial charge in [-0.2, -0.15) is 0 Å². The average molecular weight is 604 g/mol. The van der Waals surface area contributed by atoms with Crippen molar-refractivity contribution in [3.8, 4) is 17.2 Å². The summed E-state index contributed by atoms with van der Waals surface area (Å²) in [6, 6.07) is 20.9. The number of anilines is 2. The standard InChI is InChI=1S/C30H25N3O7S2/c1-38-19-11-9-18(10-12-19)33-28(35)24-23(25-27(32-30(37)42-25)41-26(24)29(33)36)16-8-13-20(21(14-16)39-2)40-15-22(34)31-17-6-4-3-5-7-17/h3-14,23-24,26H,15H2,1-2H3,(H,31,34)(H,32,37)/t23-,24-,26+/m0/s1. The minimum atomic E-state index is -0.753. The zero-order valence-corrected chi connectivity index (χ0v) is 24.1. The number of carbonyl (C=O) groups excluding carboxylic acids is 3. The van der Waals surface area contributed by atoms with Crippen LogP contribution in [0, 0.1) is 5.92 Å². The molecule has 0 unspecified atom stereocenters. The van der Waals surface area contributed by atoms with Crippen molar-refractivity contribution in [2.75, 3.05) is 31.0 Å². The second-order valence-electron chi connectivity index (χ2n) is 9.57. The van der Waals surface area contributed by atoms with Gasteiger partial charge in [-0.15, -0.1) is 0 Å².